The van der Waals surface area contributed by atoms with Gasteiger partial charge < -0.3 is 14.2 Å². The van der Waals surface area contributed by atoms with E-state index in [2.05, 4.69) is 69.4 Å². The summed E-state index contributed by atoms with van der Waals surface area (Å²) in [6, 6.07) is 0. The van der Waals surface area contributed by atoms with Gasteiger partial charge in [-0.1, -0.05) is 236 Å². The summed E-state index contributed by atoms with van der Waals surface area (Å²) in [7, 11) is 0. The van der Waals surface area contributed by atoms with Gasteiger partial charge in [-0.05, 0) is 57.8 Å². The van der Waals surface area contributed by atoms with E-state index in [1.165, 1.54) is 141 Å². The van der Waals surface area contributed by atoms with Crippen molar-refractivity contribution in [3.8, 4) is 0 Å². The molecule has 0 aliphatic carbocycles. The average Bonchev–Trinajstić information content (AvgIpc) is 3.26. The van der Waals surface area contributed by atoms with E-state index >= 15 is 0 Å². The highest BCUT2D eigenvalue weighted by Gasteiger charge is 2.19. The molecule has 0 aromatic heterocycles. The van der Waals surface area contributed by atoms with Crippen molar-refractivity contribution in [3.63, 3.8) is 0 Å². The van der Waals surface area contributed by atoms with E-state index < -0.39 is 6.10 Å². The van der Waals surface area contributed by atoms with E-state index in [1.54, 1.807) is 0 Å². The van der Waals surface area contributed by atoms with E-state index in [0.29, 0.717) is 19.3 Å². The lowest BCUT2D eigenvalue weighted by atomic mass is 10.0. The standard InChI is InChI=1S/C55H98O6/c1-4-7-10-13-16-19-22-25-28-31-33-36-39-42-45-48-54(57)60-51-52(61-55(58)49-46-43-40-37-34-30-27-24-21-18-15-12-9-6-3)50-59-53(56)47-44-41-38-35-32-29-26-23-20-17-14-11-8-5-2/h7,10,16,19,25,28,33,36,52H,4-6,8-9,11-15,17-18,20-24,26-27,29-32,34-35,37-51H2,1-3H3/b10-7-,19-16-,28-25-,36-33-. The summed E-state index contributed by atoms with van der Waals surface area (Å²) in [6.07, 6.45) is 59.5. The Bertz CT molecular complexity index is 1070. The number of rotatable bonds is 47. The van der Waals surface area contributed by atoms with Crippen molar-refractivity contribution in [1.29, 1.82) is 0 Å². The number of unbranched alkanes of at least 4 members (excludes halogenated alkanes) is 28. The molecule has 0 fully saturated rings. The van der Waals surface area contributed by atoms with Crippen LogP contribution in [-0.4, -0.2) is 37.2 Å². The minimum Gasteiger partial charge on any atom is -0.462 e. The van der Waals surface area contributed by atoms with Gasteiger partial charge >= 0.3 is 17.9 Å². The Morgan fingerprint density at radius 1 is 0.344 bits per heavy atom. The summed E-state index contributed by atoms with van der Waals surface area (Å²) in [4.78, 5) is 38.0. The topological polar surface area (TPSA) is 78.9 Å². The zero-order chi connectivity index (χ0) is 44.4. The smallest absolute Gasteiger partial charge is 0.306 e. The van der Waals surface area contributed by atoms with E-state index in [0.717, 1.165) is 83.5 Å². The highest BCUT2D eigenvalue weighted by molar-refractivity contribution is 5.71. The summed E-state index contributed by atoms with van der Waals surface area (Å²) >= 11 is 0. The maximum atomic E-state index is 12.8. The molecule has 0 saturated heterocycles. The Labute approximate surface area is 378 Å². The lowest BCUT2D eigenvalue weighted by Gasteiger charge is -2.18. The number of ether oxygens (including phenoxy) is 3. The number of carbonyl (C=O) groups excluding carboxylic acids is 3. The first-order valence-electron chi connectivity index (χ1n) is 26.1. The zero-order valence-electron chi connectivity index (χ0n) is 40.4. The van der Waals surface area contributed by atoms with Gasteiger partial charge in [-0.25, -0.2) is 0 Å². The van der Waals surface area contributed by atoms with Crippen molar-refractivity contribution in [2.24, 2.45) is 0 Å². The first-order valence-corrected chi connectivity index (χ1v) is 26.1. The molecule has 1 unspecified atom stereocenters. The van der Waals surface area contributed by atoms with Crippen molar-refractivity contribution in [2.75, 3.05) is 13.2 Å². The van der Waals surface area contributed by atoms with Gasteiger partial charge in [0, 0.05) is 19.3 Å². The normalized spacial score (nSPS) is 12.4. The zero-order valence-corrected chi connectivity index (χ0v) is 40.4. The van der Waals surface area contributed by atoms with E-state index in [4.69, 9.17) is 14.2 Å². The maximum absolute atomic E-state index is 12.8. The van der Waals surface area contributed by atoms with Crippen molar-refractivity contribution in [3.05, 3.63) is 48.6 Å². The predicted molar refractivity (Wildman–Crippen MR) is 261 cm³/mol. The molecule has 0 rings (SSSR count). The minimum atomic E-state index is -0.784. The largest absolute Gasteiger partial charge is 0.462 e. The average molecular weight is 855 g/mol. The maximum Gasteiger partial charge on any atom is 0.306 e. The molecule has 0 N–H and O–H groups in total. The van der Waals surface area contributed by atoms with Gasteiger partial charge in [-0.3, -0.25) is 14.4 Å². The lowest BCUT2D eigenvalue weighted by Crippen LogP contribution is -2.30. The Hall–Kier alpha value is -2.63. The minimum absolute atomic E-state index is 0.0823. The fourth-order valence-electron chi connectivity index (χ4n) is 7.43. The summed E-state index contributed by atoms with van der Waals surface area (Å²) in [5, 5.41) is 0. The van der Waals surface area contributed by atoms with Crippen LogP contribution in [0.5, 0.6) is 0 Å². The molecule has 0 amide bonds. The molecule has 6 heteroatoms. The summed E-state index contributed by atoms with van der Waals surface area (Å²) in [5.41, 5.74) is 0. The van der Waals surface area contributed by atoms with Gasteiger partial charge in [0.2, 0.25) is 0 Å². The SMILES string of the molecule is CC/C=C\C/C=C\C/C=C\C/C=C\CCCCC(=O)OCC(COC(=O)CCCCCCCCCCCCCCCC)OC(=O)CCCCCCCCCCCCCCCC. The van der Waals surface area contributed by atoms with Gasteiger partial charge in [0.1, 0.15) is 13.2 Å². The third-order valence-corrected chi connectivity index (χ3v) is 11.3. The molecular weight excluding hydrogens is 757 g/mol. The summed E-state index contributed by atoms with van der Waals surface area (Å²) in [6.45, 7) is 6.51. The third-order valence-electron chi connectivity index (χ3n) is 11.3. The van der Waals surface area contributed by atoms with E-state index in [9.17, 15) is 14.4 Å². The molecule has 0 heterocycles. The fourth-order valence-corrected chi connectivity index (χ4v) is 7.43. The predicted octanol–water partition coefficient (Wildman–Crippen LogP) is 17.1. The van der Waals surface area contributed by atoms with Gasteiger partial charge in [-0.15, -0.1) is 0 Å². The monoisotopic (exact) mass is 855 g/mol. The van der Waals surface area contributed by atoms with Crippen LogP contribution in [0.25, 0.3) is 0 Å². The second-order valence-electron chi connectivity index (χ2n) is 17.4. The molecule has 354 valence electrons. The Balaban J connectivity index is 4.41. The summed E-state index contributed by atoms with van der Waals surface area (Å²) in [5.74, 6) is -0.915. The second-order valence-corrected chi connectivity index (χ2v) is 17.4. The van der Waals surface area contributed by atoms with Crippen molar-refractivity contribution >= 4 is 17.9 Å². The van der Waals surface area contributed by atoms with Gasteiger partial charge in [0.15, 0.2) is 6.10 Å². The molecule has 1 atom stereocenters. The number of hydrogen-bond donors (Lipinski definition) is 0. The quantitative estimate of drug-likeness (QED) is 0.0263. The van der Waals surface area contributed by atoms with E-state index in [-0.39, 0.29) is 31.1 Å². The first kappa shape index (κ1) is 58.4. The summed E-state index contributed by atoms with van der Waals surface area (Å²) < 4.78 is 16.8. The van der Waals surface area contributed by atoms with E-state index in [1.807, 2.05) is 0 Å². The lowest BCUT2D eigenvalue weighted by molar-refractivity contribution is -0.167. The number of hydrogen-bond acceptors (Lipinski definition) is 6. The molecule has 0 saturated carbocycles. The van der Waals surface area contributed by atoms with Gasteiger partial charge in [0.25, 0.3) is 0 Å². The molecule has 0 spiro atoms. The molecule has 0 aliphatic rings. The Morgan fingerprint density at radius 3 is 1.00 bits per heavy atom. The van der Waals surface area contributed by atoms with Crippen LogP contribution < -0.4 is 0 Å². The Kier molecular flexibility index (Phi) is 47.9. The molecule has 6 nitrogen and oxygen atoms in total. The first-order chi connectivity index (χ1) is 30.0. The van der Waals surface area contributed by atoms with Crippen molar-refractivity contribution in [1.82, 2.24) is 0 Å². The van der Waals surface area contributed by atoms with Crippen LogP contribution in [0.4, 0.5) is 0 Å². The highest BCUT2D eigenvalue weighted by Crippen LogP contribution is 2.16. The van der Waals surface area contributed by atoms with Crippen LogP contribution in [0.15, 0.2) is 48.6 Å². The molecule has 0 radical (unpaired) electrons. The van der Waals surface area contributed by atoms with Crippen molar-refractivity contribution < 1.29 is 28.6 Å². The Morgan fingerprint density at radius 2 is 0.639 bits per heavy atom. The van der Waals surface area contributed by atoms with Gasteiger partial charge in [-0.2, -0.15) is 0 Å². The van der Waals surface area contributed by atoms with Crippen LogP contribution >= 0.6 is 0 Å². The van der Waals surface area contributed by atoms with Crippen LogP contribution in [0.1, 0.15) is 265 Å². The second kappa shape index (κ2) is 50.0. The number of allylic oxidation sites excluding steroid dienone is 8. The van der Waals surface area contributed by atoms with Crippen LogP contribution in [0.3, 0.4) is 0 Å². The van der Waals surface area contributed by atoms with Gasteiger partial charge in [0.05, 0.1) is 0 Å². The molecule has 0 aromatic rings. The fraction of sp³-hybridized carbons (Fsp3) is 0.800. The van der Waals surface area contributed by atoms with Crippen LogP contribution in [0.2, 0.25) is 0 Å². The molecule has 0 aliphatic heterocycles. The number of carbonyl (C=O) groups is 3. The number of esters is 3. The van der Waals surface area contributed by atoms with Crippen LogP contribution in [-0.2, 0) is 28.6 Å². The molecule has 0 bridgehead atoms. The van der Waals surface area contributed by atoms with Crippen molar-refractivity contribution in [2.45, 2.75) is 271 Å². The molecular formula is C55H98O6. The molecule has 0 aromatic carbocycles. The third kappa shape index (κ3) is 48.3. The molecule has 61 heavy (non-hydrogen) atoms. The van der Waals surface area contributed by atoms with Crippen LogP contribution in [0, 0.1) is 0 Å². The highest BCUT2D eigenvalue weighted by atomic mass is 16.6.